The van der Waals surface area contributed by atoms with E-state index in [9.17, 15) is 4.79 Å². The fourth-order valence-electron chi connectivity index (χ4n) is 1.71. The highest BCUT2D eigenvalue weighted by Crippen LogP contribution is 2.23. The second-order valence-electron chi connectivity index (χ2n) is 3.54. The van der Waals surface area contributed by atoms with Crippen LogP contribution in [0.4, 0.5) is 0 Å². The van der Waals surface area contributed by atoms with E-state index in [1.807, 2.05) is 12.1 Å². The summed E-state index contributed by atoms with van der Waals surface area (Å²) in [6, 6.07) is 8.21. The van der Waals surface area contributed by atoms with Gasteiger partial charge in [0.2, 0.25) is 5.91 Å². The van der Waals surface area contributed by atoms with Gasteiger partial charge in [-0.3, -0.25) is 4.79 Å². The topological polar surface area (TPSA) is 29.1 Å². The molecule has 0 aliphatic carbocycles. The molecule has 13 heavy (non-hydrogen) atoms. The Morgan fingerprint density at radius 1 is 1.31 bits per heavy atom. The van der Waals surface area contributed by atoms with Crippen LogP contribution >= 0.6 is 0 Å². The molecule has 1 aliphatic rings. The summed E-state index contributed by atoms with van der Waals surface area (Å²) in [7, 11) is 0. The lowest BCUT2D eigenvalue weighted by atomic mass is 9.97. The zero-order chi connectivity index (χ0) is 9.26. The molecule has 1 unspecified atom stereocenters. The monoisotopic (exact) mass is 175 g/mol. The van der Waals surface area contributed by atoms with Gasteiger partial charge in [0.1, 0.15) is 0 Å². The molecule has 68 valence electrons. The maximum Gasteiger partial charge on any atom is 0.227 e. The quantitative estimate of drug-likeness (QED) is 0.690. The molecule has 1 aliphatic heterocycles. The summed E-state index contributed by atoms with van der Waals surface area (Å²) < 4.78 is 0. The lowest BCUT2D eigenvalue weighted by Gasteiger charge is -2.06. The van der Waals surface area contributed by atoms with Crippen LogP contribution in [0.3, 0.4) is 0 Å². The molecule has 1 atom stereocenters. The highest BCUT2D eigenvalue weighted by atomic mass is 16.2. The second-order valence-corrected chi connectivity index (χ2v) is 3.54. The van der Waals surface area contributed by atoms with Crippen LogP contribution in [0.25, 0.3) is 0 Å². The highest BCUT2D eigenvalue weighted by Gasteiger charge is 2.25. The van der Waals surface area contributed by atoms with Crippen molar-refractivity contribution < 1.29 is 4.79 Å². The van der Waals surface area contributed by atoms with Crippen LogP contribution in [0.2, 0.25) is 0 Å². The molecule has 2 nitrogen and oxygen atoms in total. The van der Waals surface area contributed by atoms with E-state index in [2.05, 4.69) is 24.4 Å². The van der Waals surface area contributed by atoms with E-state index < -0.39 is 0 Å². The van der Waals surface area contributed by atoms with Crippen molar-refractivity contribution in [3.05, 3.63) is 35.4 Å². The Balaban J connectivity index is 2.25. The number of aryl methyl sites for hydroxylation is 1. The molecule has 1 aromatic rings. The highest BCUT2D eigenvalue weighted by molar-refractivity contribution is 5.85. The first-order valence-electron chi connectivity index (χ1n) is 4.61. The molecule has 1 aromatic carbocycles. The van der Waals surface area contributed by atoms with Crippen molar-refractivity contribution in [3.63, 3.8) is 0 Å². The number of carbonyl (C=O) groups excluding carboxylic acids is 1. The molecule has 1 N–H and O–H groups in total. The molecule has 1 heterocycles. The van der Waals surface area contributed by atoms with Crippen molar-refractivity contribution in [1.82, 2.24) is 5.32 Å². The van der Waals surface area contributed by atoms with Gasteiger partial charge < -0.3 is 5.32 Å². The Labute approximate surface area is 78.0 Å². The number of nitrogens with one attached hydrogen (secondary N) is 1. The standard InChI is InChI=1S/C11H13NO/c1-8-2-4-9(5-3-8)10-6-7-12-11(10)13/h2-5,10H,6-7H2,1H3,(H,12,13). The van der Waals surface area contributed by atoms with Crippen molar-refractivity contribution in [1.29, 1.82) is 0 Å². The first kappa shape index (κ1) is 8.30. The number of benzene rings is 1. The van der Waals surface area contributed by atoms with Gasteiger partial charge >= 0.3 is 0 Å². The van der Waals surface area contributed by atoms with Crippen molar-refractivity contribution in [3.8, 4) is 0 Å². The molecule has 0 bridgehead atoms. The van der Waals surface area contributed by atoms with E-state index in [0.717, 1.165) is 18.5 Å². The van der Waals surface area contributed by atoms with E-state index in [-0.39, 0.29) is 11.8 Å². The van der Waals surface area contributed by atoms with Gasteiger partial charge in [-0.25, -0.2) is 0 Å². The number of carbonyl (C=O) groups is 1. The first-order valence-corrected chi connectivity index (χ1v) is 4.61. The molecule has 2 rings (SSSR count). The molecule has 0 saturated carbocycles. The summed E-state index contributed by atoms with van der Waals surface area (Å²) in [5.74, 6) is 0.254. The van der Waals surface area contributed by atoms with Gasteiger partial charge in [-0.05, 0) is 18.9 Å². The summed E-state index contributed by atoms with van der Waals surface area (Å²) in [6.45, 7) is 2.87. The Hall–Kier alpha value is -1.31. The minimum atomic E-state index is 0.0839. The van der Waals surface area contributed by atoms with E-state index >= 15 is 0 Å². The molecular formula is C11H13NO. The molecule has 1 amide bonds. The molecule has 2 heteroatoms. The van der Waals surface area contributed by atoms with Crippen molar-refractivity contribution in [2.24, 2.45) is 0 Å². The van der Waals surface area contributed by atoms with Gasteiger partial charge in [0.05, 0.1) is 5.92 Å². The summed E-state index contributed by atoms with van der Waals surface area (Å²) in [6.07, 6.45) is 0.932. The Kier molecular flexibility index (Phi) is 2.05. The van der Waals surface area contributed by atoms with Gasteiger partial charge in [0.25, 0.3) is 0 Å². The van der Waals surface area contributed by atoms with E-state index in [4.69, 9.17) is 0 Å². The SMILES string of the molecule is Cc1ccc(C2CCNC2=O)cc1. The molecule has 1 saturated heterocycles. The summed E-state index contributed by atoms with van der Waals surface area (Å²) in [5.41, 5.74) is 2.38. The van der Waals surface area contributed by atoms with Crippen LogP contribution in [0, 0.1) is 6.92 Å². The van der Waals surface area contributed by atoms with Crippen LogP contribution in [0.1, 0.15) is 23.5 Å². The average Bonchev–Trinajstić information content (AvgIpc) is 2.53. The fraction of sp³-hybridized carbons (Fsp3) is 0.364. The van der Waals surface area contributed by atoms with Gasteiger partial charge in [-0.2, -0.15) is 0 Å². The molecule has 0 aromatic heterocycles. The Bertz CT molecular complexity index is 315. The largest absolute Gasteiger partial charge is 0.356 e. The lowest BCUT2D eigenvalue weighted by Crippen LogP contribution is -2.17. The predicted octanol–water partition coefficient (Wildman–Crippen LogP) is 1.60. The van der Waals surface area contributed by atoms with Crippen LogP contribution in [-0.4, -0.2) is 12.5 Å². The number of hydrogen-bond acceptors (Lipinski definition) is 1. The van der Waals surface area contributed by atoms with Gasteiger partial charge in [-0.15, -0.1) is 0 Å². The Morgan fingerprint density at radius 2 is 2.00 bits per heavy atom. The fourth-order valence-corrected chi connectivity index (χ4v) is 1.71. The van der Waals surface area contributed by atoms with E-state index in [1.54, 1.807) is 0 Å². The Morgan fingerprint density at radius 3 is 2.54 bits per heavy atom. The minimum absolute atomic E-state index is 0.0839. The third kappa shape index (κ3) is 1.57. The maximum atomic E-state index is 11.3. The zero-order valence-corrected chi connectivity index (χ0v) is 7.71. The smallest absolute Gasteiger partial charge is 0.227 e. The normalized spacial score (nSPS) is 21.6. The zero-order valence-electron chi connectivity index (χ0n) is 7.71. The third-order valence-electron chi connectivity index (χ3n) is 2.53. The van der Waals surface area contributed by atoms with Crippen molar-refractivity contribution in [2.75, 3.05) is 6.54 Å². The predicted molar refractivity (Wildman–Crippen MR) is 51.5 cm³/mol. The van der Waals surface area contributed by atoms with Crippen LogP contribution < -0.4 is 5.32 Å². The minimum Gasteiger partial charge on any atom is -0.356 e. The maximum absolute atomic E-state index is 11.3. The summed E-state index contributed by atoms with van der Waals surface area (Å²) >= 11 is 0. The van der Waals surface area contributed by atoms with Crippen molar-refractivity contribution >= 4 is 5.91 Å². The van der Waals surface area contributed by atoms with Crippen LogP contribution in [-0.2, 0) is 4.79 Å². The second kappa shape index (κ2) is 3.21. The van der Waals surface area contributed by atoms with Gasteiger partial charge in [0.15, 0.2) is 0 Å². The van der Waals surface area contributed by atoms with Gasteiger partial charge in [-0.1, -0.05) is 29.8 Å². The third-order valence-corrected chi connectivity index (χ3v) is 2.53. The number of rotatable bonds is 1. The average molecular weight is 175 g/mol. The van der Waals surface area contributed by atoms with E-state index in [1.165, 1.54) is 5.56 Å². The molecule has 1 fully saturated rings. The lowest BCUT2D eigenvalue weighted by molar-refractivity contribution is -0.120. The molecule has 0 radical (unpaired) electrons. The van der Waals surface area contributed by atoms with Gasteiger partial charge in [0, 0.05) is 6.54 Å². The number of amides is 1. The molecule has 0 spiro atoms. The number of hydrogen-bond donors (Lipinski definition) is 1. The summed E-state index contributed by atoms with van der Waals surface area (Å²) in [5, 5.41) is 2.84. The van der Waals surface area contributed by atoms with Crippen LogP contribution in [0.15, 0.2) is 24.3 Å². The summed E-state index contributed by atoms with van der Waals surface area (Å²) in [4.78, 5) is 11.3. The first-order chi connectivity index (χ1) is 6.27. The van der Waals surface area contributed by atoms with Crippen molar-refractivity contribution in [2.45, 2.75) is 19.3 Å². The van der Waals surface area contributed by atoms with E-state index in [0.29, 0.717) is 0 Å². The molecular weight excluding hydrogens is 162 g/mol. The van der Waals surface area contributed by atoms with Crippen LogP contribution in [0.5, 0.6) is 0 Å².